The molecule has 0 spiro atoms. The number of nitrogens with two attached hydrogens (primary N) is 2. The van der Waals surface area contributed by atoms with E-state index in [0.29, 0.717) is 35.2 Å². The predicted octanol–water partition coefficient (Wildman–Crippen LogP) is 3.50. The van der Waals surface area contributed by atoms with Gasteiger partial charge in [0.1, 0.15) is 0 Å². The number of carbonyl (C=O) groups excluding carboxylic acids is 2. The van der Waals surface area contributed by atoms with E-state index in [1.807, 2.05) is 30.3 Å². The summed E-state index contributed by atoms with van der Waals surface area (Å²) >= 11 is 0. The molecule has 31 heavy (non-hydrogen) atoms. The van der Waals surface area contributed by atoms with Crippen LogP contribution in [0.25, 0.3) is 22.2 Å². The number of carbonyl (C=O) groups is 2. The first-order valence-corrected chi connectivity index (χ1v) is 10.8. The van der Waals surface area contributed by atoms with Crippen LogP contribution < -0.4 is 16.8 Å². The second kappa shape index (κ2) is 9.27. The minimum atomic E-state index is -0.474. The van der Waals surface area contributed by atoms with Gasteiger partial charge in [0.2, 0.25) is 5.91 Å². The van der Waals surface area contributed by atoms with Crippen molar-refractivity contribution in [3.05, 3.63) is 65.7 Å². The summed E-state index contributed by atoms with van der Waals surface area (Å²) in [5.41, 5.74) is 14.4. The molecule has 3 aromatic rings. The summed E-state index contributed by atoms with van der Waals surface area (Å²) in [6.07, 6.45) is 4.49. The molecule has 0 unspecified atom stereocenters. The number of rotatable bonds is 6. The lowest BCUT2D eigenvalue weighted by atomic mass is 9.82. The molecule has 2 aromatic carbocycles. The summed E-state index contributed by atoms with van der Waals surface area (Å²) in [5, 5.41) is 3.96. The molecule has 160 valence electrons. The van der Waals surface area contributed by atoms with Crippen LogP contribution in [0.1, 0.15) is 46.4 Å². The van der Waals surface area contributed by atoms with Gasteiger partial charge in [-0.2, -0.15) is 0 Å². The first-order valence-electron chi connectivity index (χ1n) is 10.8. The molecule has 2 amide bonds. The molecular formula is C25H28N4O2. The van der Waals surface area contributed by atoms with Crippen LogP contribution in [0.2, 0.25) is 0 Å². The van der Waals surface area contributed by atoms with E-state index in [2.05, 4.69) is 5.32 Å². The van der Waals surface area contributed by atoms with Crippen LogP contribution >= 0.6 is 0 Å². The number of nitrogens with zero attached hydrogens (tertiary/aromatic N) is 1. The van der Waals surface area contributed by atoms with Gasteiger partial charge in [-0.05, 0) is 68.3 Å². The number of pyridine rings is 1. The minimum Gasteiger partial charge on any atom is -0.366 e. The van der Waals surface area contributed by atoms with Crippen molar-refractivity contribution in [1.82, 2.24) is 10.3 Å². The minimum absolute atomic E-state index is 0.0884. The quantitative estimate of drug-likeness (QED) is 0.571. The number of primary amides is 1. The highest BCUT2D eigenvalue weighted by Gasteiger charge is 2.21. The Kier molecular flexibility index (Phi) is 6.28. The van der Waals surface area contributed by atoms with E-state index in [0.717, 1.165) is 48.7 Å². The lowest BCUT2D eigenvalue weighted by Crippen LogP contribution is -2.32. The fourth-order valence-corrected chi connectivity index (χ4v) is 4.32. The maximum atomic E-state index is 13.1. The van der Waals surface area contributed by atoms with Gasteiger partial charge in [0.15, 0.2) is 0 Å². The third-order valence-corrected chi connectivity index (χ3v) is 6.28. The summed E-state index contributed by atoms with van der Waals surface area (Å²) < 4.78 is 0. The Morgan fingerprint density at radius 1 is 0.968 bits per heavy atom. The van der Waals surface area contributed by atoms with Gasteiger partial charge in [0, 0.05) is 23.1 Å². The molecule has 0 saturated heterocycles. The van der Waals surface area contributed by atoms with Gasteiger partial charge < -0.3 is 16.8 Å². The van der Waals surface area contributed by atoms with E-state index in [-0.39, 0.29) is 5.91 Å². The highest BCUT2D eigenvalue weighted by atomic mass is 16.2. The standard InChI is InChI=1S/C25H28N4O2/c26-14-16-5-7-17(8-6-16)15-28-25(31)21-13-23(29-22-4-2-1-3-20(21)22)18-9-11-19(12-10-18)24(27)30/h1-4,9-13,16-17H,5-8,14-15,26H2,(H2,27,30)(H,28,31). The van der Waals surface area contributed by atoms with Gasteiger partial charge in [-0.1, -0.05) is 30.3 Å². The molecule has 4 rings (SSSR count). The Labute approximate surface area is 182 Å². The van der Waals surface area contributed by atoms with Crippen LogP contribution in [0.3, 0.4) is 0 Å². The van der Waals surface area contributed by atoms with Crippen LogP contribution in [-0.2, 0) is 0 Å². The Bertz CT molecular complexity index is 1090. The molecule has 6 nitrogen and oxygen atoms in total. The van der Waals surface area contributed by atoms with Gasteiger partial charge in [-0.3, -0.25) is 9.59 Å². The summed E-state index contributed by atoms with van der Waals surface area (Å²) in [4.78, 5) is 29.2. The molecular weight excluding hydrogens is 388 g/mol. The third kappa shape index (κ3) is 4.75. The maximum Gasteiger partial charge on any atom is 0.252 e. The van der Waals surface area contributed by atoms with Crippen molar-refractivity contribution < 1.29 is 9.59 Å². The topological polar surface area (TPSA) is 111 Å². The summed E-state index contributed by atoms with van der Waals surface area (Å²) in [6.45, 7) is 1.43. The number of benzene rings is 2. The SMILES string of the molecule is NCC1CCC(CNC(=O)c2cc(-c3ccc(C(N)=O)cc3)nc3ccccc23)CC1. The second-order valence-electron chi connectivity index (χ2n) is 8.35. The second-order valence-corrected chi connectivity index (χ2v) is 8.35. The van der Waals surface area contributed by atoms with Crippen molar-refractivity contribution in [2.24, 2.45) is 23.3 Å². The Balaban J connectivity index is 1.57. The fourth-order valence-electron chi connectivity index (χ4n) is 4.32. The Morgan fingerprint density at radius 3 is 2.32 bits per heavy atom. The van der Waals surface area contributed by atoms with Crippen molar-refractivity contribution in [1.29, 1.82) is 0 Å². The highest BCUT2D eigenvalue weighted by Crippen LogP contribution is 2.28. The van der Waals surface area contributed by atoms with Crippen LogP contribution in [-0.4, -0.2) is 29.9 Å². The van der Waals surface area contributed by atoms with Crippen LogP contribution in [0.15, 0.2) is 54.6 Å². The molecule has 1 aromatic heterocycles. The zero-order chi connectivity index (χ0) is 21.8. The predicted molar refractivity (Wildman–Crippen MR) is 123 cm³/mol. The largest absolute Gasteiger partial charge is 0.366 e. The molecule has 1 aliphatic rings. The van der Waals surface area contributed by atoms with E-state index >= 15 is 0 Å². The van der Waals surface area contributed by atoms with Gasteiger partial charge in [0.25, 0.3) is 5.91 Å². The lowest BCUT2D eigenvalue weighted by molar-refractivity contribution is 0.0942. The molecule has 1 heterocycles. The summed E-state index contributed by atoms with van der Waals surface area (Å²) in [5.74, 6) is 0.563. The number of aromatic nitrogens is 1. The van der Waals surface area contributed by atoms with E-state index in [4.69, 9.17) is 16.5 Å². The molecule has 1 fully saturated rings. The molecule has 0 aliphatic heterocycles. The van der Waals surface area contributed by atoms with Crippen LogP contribution in [0.5, 0.6) is 0 Å². The molecule has 1 aliphatic carbocycles. The maximum absolute atomic E-state index is 13.1. The fraction of sp³-hybridized carbons (Fsp3) is 0.320. The smallest absolute Gasteiger partial charge is 0.252 e. The van der Waals surface area contributed by atoms with E-state index < -0.39 is 5.91 Å². The highest BCUT2D eigenvalue weighted by molar-refractivity contribution is 6.07. The number of amides is 2. The van der Waals surface area contributed by atoms with Gasteiger partial charge >= 0.3 is 0 Å². The average Bonchev–Trinajstić information content (AvgIpc) is 2.82. The van der Waals surface area contributed by atoms with Gasteiger partial charge in [0.05, 0.1) is 16.8 Å². The first-order chi connectivity index (χ1) is 15.0. The van der Waals surface area contributed by atoms with Gasteiger partial charge in [-0.25, -0.2) is 4.98 Å². The monoisotopic (exact) mass is 416 g/mol. The number of nitrogens with one attached hydrogen (secondary N) is 1. The zero-order valence-electron chi connectivity index (χ0n) is 17.5. The lowest BCUT2D eigenvalue weighted by Gasteiger charge is -2.27. The molecule has 0 bridgehead atoms. The summed E-state index contributed by atoms with van der Waals surface area (Å²) in [7, 11) is 0. The van der Waals surface area contributed by atoms with E-state index in [1.54, 1.807) is 24.3 Å². The Hall–Kier alpha value is -3.25. The number of hydrogen-bond acceptors (Lipinski definition) is 4. The Morgan fingerprint density at radius 2 is 1.65 bits per heavy atom. The van der Waals surface area contributed by atoms with Crippen molar-refractivity contribution in [2.45, 2.75) is 25.7 Å². The van der Waals surface area contributed by atoms with Crippen LogP contribution in [0.4, 0.5) is 0 Å². The number of para-hydroxylation sites is 1. The number of fused-ring (bicyclic) bond motifs is 1. The molecule has 0 atom stereocenters. The van der Waals surface area contributed by atoms with Gasteiger partial charge in [-0.15, -0.1) is 0 Å². The molecule has 0 radical (unpaired) electrons. The van der Waals surface area contributed by atoms with Crippen LogP contribution in [0, 0.1) is 11.8 Å². The molecule has 6 heteroatoms. The van der Waals surface area contributed by atoms with E-state index in [9.17, 15) is 9.59 Å². The van der Waals surface area contributed by atoms with Crippen molar-refractivity contribution in [3.8, 4) is 11.3 Å². The third-order valence-electron chi connectivity index (χ3n) is 6.28. The zero-order valence-corrected chi connectivity index (χ0v) is 17.5. The first kappa shape index (κ1) is 21.0. The van der Waals surface area contributed by atoms with Crippen molar-refractivity contribution in [3.63, 3.8) is 0 Å². The normalized spacial score (nSPS) is 18.6. The average molecular weight is 417 g/mol. The number of hydrogen-bond donors (Lipinski definition) is 3. The summed E-state index contributed by atoms with van der Waals surface area (Å²) in [6, 6.07) is 16.4. The van der Waals surface area contributed by atoms with E-state index in [1.165, 1.54) is 0 Å². The molecule has 1 saturated carbocycles. The molecule has 5 N–H and O–H groups in total. The van der Waals surface area contributed by atoms with Crippen molar-refractivity contribution in [2.75, 3.05) is 13.1 Å². The van der Waals surface area contributed by atoms with Crippen molar-refractivity contribution >= 4 is 22.7 Å².